The number of oxime groups is 1. The van der Waals surface area contributed by atoms with E-state index in [1.165, 1.54) is 30.4 Å². The van der Waals surface area contributed by atoms with Crippen molar-refractivity contribution in [3.05, 3.63) is 53.6 Å². The summed E-state index contributed by atoms with van der Waals surface area (Å²) in [6.07, 6.45) is 9.24. The summed E-state index contributed by atoms with van der Waals surface area (Å²) in [4.78, 5) is 27.3. The molecule has 0 aromatic heterocycles. The quantitative estimate of drug-likeness (QED) is 0.227. The molecule has 1 aliphatic carbocycles. The topological polar surface area (TPSA) is 99.4 Å². The monoisotopic (exact) mass is 458 g/mol. The number of carbonyl (C=O) groups is 2. The zero-order valence-electron chi connectivity index (χ0n) is 20.2. The van der Waals surface area contributed by atoms with Crippen LogP contribution in [0.5, 0.6) is 0 Å². The largest absolute Gasteiger partial charge is 0.478 e. The van der Waals surface area contributed by atoms with Gasteiger partial charge in [-0.1, -0.05) is 41.9 Å². The minimum absolute atomic E-state index is 0.530. The van der Waals surface area contributed by atoms with E-state index < -0.39 is 11.9 Å². The first-order chi connectivity index (χ1) is 15.7. The van der Waals surface area contributed by atoms with Gasteiger partial charge in [-0.2, -0.15) is 0 Å². The molecule has 33 heavy (non-hydrogen) atoms. The first kappa shape index (κ1) is 28.1. The SMILES string of the molecule is CC(C)N(CCO/N=C1/CCCCC/C1=C\c1ccccc1)C(C)C.O=C(O)/C=C/C(=O)O. The molecular formula is C26H38N2O5. The molecule has 0 amide bonds. The maximum absolute atomic E-state index is 9.55. The minimum Gasteiger partial charge on any atom is -0.478 e. The van der Waals surface area contributed by atoms with Crippen molar-refractivity contribution < 1.29 is 24.6 Å². The molecule has 1 saturated carbocycles. The van der Waals surface area contributed by atoms with Gasteiger partial charge in [0.05, 0.1) is 5.71 Å². The van der Waals surface area contributed by atoms with Gasteiger partial charge in [0, 0.05) is 30.8 Å². The summed E-state index contributed by atoms with van der Waals surface area (Å²) in [6.45, 7) is 10.5. The minimum atomic E-state index is -1.26. The van der Waals surface area contributed by atoms with E-state index in [0.29, 0.717) is 30.8 Å². The van der Waals surface area contributed by atoms with Crippen LogP contribution in [0.15, 0.2) is 53.2 Å². The Bertz CT molecular complexity index is 789. The van der Waals surface area contributed by atoms with Crippen LogP contribution in [-0.2, 0) is 14.4 Å². The number of allylic oxidation sites excluding steroid dienone is 1. The maximum Gasteiger partial charge on any atom is 0.328 e. The third-order valence-electron chi connectivity index (χ3n) is 5.18. The fourth-order valence-corrected chi connectivity index (χ4v) is 3.62. The molecule has 1 aromatic rings. The molecule has 182 valence electrons. The number of hydrogen-bond donors (Lipinski definition) is 2. The third kappa shape index (κ3) is 12.6. The van der Waals surface area contributed by atoms with Crippen molar-refractivity contribution in [1.82, 2.24) is 4.90 Å². The summed E-state index contributed by atoms with van der Waals surface area (Å²) in [6, 6.07) is 11.6. The Kier molecular flexibility index (Phi) is 13.5. The van der Waals surface area contributed by atoms with Crippen LogP contribution in [0, 0.1) is 0 Å². The first-order valence-corrected chi connectivity index (χ1v) is 11.5. The molecule has 1 fully saturated rings. The fourth-order valence-electron chi connectivity index (χ4n) is 3.62. The van der Waals surface area contributed by atoms with Crippen molar-refractivity contribution in [3.63, 3.8) is 0 Å². The highest BCUT2D eigenvalue weighted by molar-refractivity contribution is 6.03. The average Bonchev–Trinajstić information content (AvgIpc) is 2.98. The lowest BCUT2D eigenvalue weighted by molar-refractivity contribution is -0.134. The lowest BCUT2D eigenvalue weighted by atomic mass is 10.0. The molecule has 0 atom stereocenters. The lowest BCUT2D eigenvalue weighted by Gasteiger charge is -2.29. The second-order valence-corrected chi connectivity index (χ2v) is 8.45. The van der Waals surface area contributed by atoms with Gasteiger partial charge in [-0.3, -0.25) is 4.90 Å². The fraction of sp³-hybridized carbons (Fsp3) is 0.500. The van der Waals surface area contributed by atoms with Crippen LogP contribution in [-0.4, -0.2) is 58.0 Å². The number of aliphatic carboxylic acids is 2. The number of carboxylic acids is 2. The number of hydrogen-bond acceptors (Lipinski definition) is 5. The van der Waals surface area contributed by atoms with Crippen LogP contribution in [0.4, 0.5) is 0 Å². The van der Waals surface area contributed by atoms with Gasteiger partial charge in [0.2, 0.25) is 0 Å². The van der Waals surface area contributed by atoms with Gasteiger partial charge in [-0.25, -0.2) is 9.59 Å². The highest BCUT2D eigenvalue weighted by atomic mass is 16.6. The molecule has 0 radical (unpaired) electrons. The van der Waals surface area contributed by atoms with Crippen LogP contribution in [0.3, 0.4) is 0 Å². The second kappa shape index (κ2) is 15.8. The Morgan fingerprint density at radius 2 is 1.55 bits per heavy atom. The van der Waals surface area contributed by atoms with Crippen molar-refractivity contribution in [2.45, 2.75) is 71.9 Å². The van der Waals surface area contributed by atoms with Gasteiger partial charge in [0.15, 0.2) is 0 Å². The summed E-state index contributed by atoms with van der Waals surface area (Å²) in [5.41, 5.74) is 3.73. The zero-order chi connectivity index (χ0) is 24.6. The number of benzene rings is 1. The van der Waals surface area contributed by atoms with Gasteiger partial charge in [0.1, 0.15) is 6.61 Å². The van der Waals surface area contributed by atoms with Crippen molar-refractivity contribution in [1.29, 1.82) is 0 Å². The Balaban J connectivity index is 0.000000582. The van der Waals surface area contributed by atoms with Crippen LogP contribution in [0.2, 0.25) is 0 Å². The first-order valence-electron chi connectivity index (χ1n) is 11.5. The van der Waals surface area contributed by atoms with E-state index >= 15 is 0 Å². The Morgan fingerprint density at radius 3 is 2.09 bits per heavy atom. The molecule has 2 N–H and O–H groups in total. The molecule has 0 spiro atoms. The van der Waals surface area contributed by atoms with Crippen LogP contribution in [0.25, 0.3) is 6.08 Å². The Hall–Kier alpha value is -2.93. The van der Waals surface area contributed by atoms with Crippen molar-refractivity contribution in [2.24, 2.45) is 5.16 Å². The van der Waals surface area contributed by atoms with Crippen LogP contribution >= 0.6 is 0 Å². The summed E-state index contributed by atoms with van der Waals surface area (Å²) < 4.78 is 0. The van der Waals surface area contributed by atoms with E-state index in [9.17, 15) is 9.59 Å². The molecule has 7 nitrogen and oxygen atoms in total. The van der Waals surface area contributed by atoms with E-state index in [1.54, 1.807) is 0 Å². The van der Waals surface area contributed by atoms with Crippen molar-refractivity contribution in [2.75, 3.05) is 13.2 Å². The van der Waals surface area contributed by atoms with Gasteiger partial charge < -0.3 is 15.1 Å². The molecular weight excluding hydrogens is 420 g/mol. The Labute approximate surface area is 197 Å². The summed E-state index contributed by atoms with van der Waals surface area (Å²) in [5, 5.41) is 20.2. The van der Waals surface area contributed by atoms with Crippen molar-refractivity contribution >= 4 is 23.7 Å². The highest BCUT2D eigenvalue weighted by Crippen LogP contribution is 2.23. The van der Waals surface area contributed by atoms with Crippen LogP contribution < -0.4 is 0 Å². The molecule has 0 bridgehead atoms. The van der Waals surface area contributed by atoms with Gasteiger partial charge in [-0.15, -0.1) is 0 Å². The predicted octanol–water partition coefficient (Wildman–Crippen LogP) is 5.24. The molecule has 0 aliphatic heterocycles. The third-order valence-corrected chi connectivity index (χ3v) is 5.18. The smallest absolute Gasteiger partial charge is 0.328 e. The second-order valence-electron chi connectivity index (χ2n) is 8.45. The van der Waals surface area contributed by atoms with E-state index in [2.05, 4.69) is 74.2 Å². The number of rotatable bonds is 9. The summed E-state index contributed by atoms with van der Waals surface area (Å²) in [7, 11) is 0. The average molecular weight is 459 g/mol. The van der Waals surface area contributed by atoms with Gasteiger partial charge >= 0.3 is 11.9 Å². The van der Waals surface area contributed by atoms with E-state index in [0.717, 1.165) is 25.1 Å². The molecule has 0 unspecified atom stereocenters. The number of carboxylic acid groups (broad SMARTS) is 2. The zero-order valence-corrected chi connectivity index (χ0v) is 20.2. The van der Waals surface area contributed by atoms with Crippen LogP contribution in [0.1, 0.15) is 65.4 Å². The highest BCUT2D eigenvalue weighted by Gasteiger charge is 2.15. The standard InChI is InChI=1S/C22H34N2O.C4H4O4/c1-18(2)24(19(3)4)15-16-25-23-22-14-10-6-9-13-21(22)17-20-11-7-5-8-12-20;5-3(6)1-2-4(7)8/h5,7-8,11-12,17-19H,6,9-10,13-16H2,1-4H3;1-2H,(H,5,6)(H,7,8)/b21-17+,23-22-;2-1+. The number of nitrogens with zero attached hydrogens (tertiary/aromatic N) is 2. The molecule has 0 saturated heterocycles. The van der Waals surface area contributed by atoms with E-state index in [4.69, 9.17) is 15.1 Å². The lowest BCUT2D eigenvalue weighted by Crippen LogP contribution is -2.39. The molecule has 1 aliphatic rings. The molecule has 7 heteroatoms. The summed E-state index contributed by atoms with van der Waals surface area (Å²) >= 11 is 0. The maximum atomic E-state index is 9.55. The predicted molar refractivity (Wildman–Crippen MR) is 132 cm³/mol. The molecule has 1 aromatic carbocycles. The van der Waals surface area contributed by atoms with E-state index in [1.807, 2.05) is 0 Å². The summed E-state index contributed by atoms with van der Waals surface area (Å²) in [5.74, 6) is -2.51. The van der Waals surface area contributed by atoms with E-state index in [-0.39, 0.29) is 0 Å². The van der Waals surface area contributed by atoms with Crippen molar-refractivity contribution in [3.8, 4) is 0 Å². The van der Waals surface area contributed by atoms with Gasteiger partial charge in [-0.05, 0) is 70.6 Å². The molecule has 0 heterocycles. The van der Waals surface area contributed by atoms with Gasteiger partial charge in [0.25, 0.3) is 0 Å². The Morgan fingerprint density at radius 1 is 0.970 bits per heavy atom. The normalized spacial score (nSPS) is 16.8. The molecule has 2 rings (SSSR count).